The zero-order valence-electron chi connectivity index (χ0n) is 18.4. The summed E-state index contributed by atoms with van der Waals surface area (Å²) in [6.07, 6.45) is 5.54. The van der Waals surface area contributed by atoms with E-state index in [2.05, 4.69) is 37.6 Å². The number of imidazole rings is 1. The Morgan fingerprint density at radius 2 is 1.97 bits per heavy atom. The van der Waals surface area contributed by atoms with Crippen molar-refractivity contribution in [3.8, 4) is 11.5 Å². The molecule has 10 heteroatoms. The number of nitrogens with one attached hydrogen (secondary N) is 2. The Hall–Kier alpha value is -2.05. The summed E-state index contributed by atoms with van der Waals surface area (Å²) in [7, 11) is 5.10. The topological polar surface area (TPSA) is 85.2 Å². The Bertz CT molecular complexity index is 796. The summed E-state index contributed by atoms with van der Waals surface area (Å²) in [5.74, 6) is 2.23. The highest BCUT2D eigenvalue weighted by Gasteiger charge is 2.24. The molecule has 0 bridgehead atoms. The molecule has 1 saturated heterocycles. The van der Waals surface area contributed by atoms with Crippen LogP contribution in [-0.4, -0.2) is 81.1 Å². The fraction of sp³-hybridized carbons (Fsp3) is 0.524. The lowest BCUT2D eigenvalue weighted by atomic mass is 10.0. The lowest BCUT2D eigenvalue weighted by Gasteiger charge is -2.35. The number of aromatic nitrogens is 2. The predicted octanol–water partition coefficient (Wildman–Crippen LogP) is 1.76. The third-order valence-electron chi connectivity index (χ3n) is 5.19. The van der Waals surface area contributed by atoms with Crippen LogP contribution in [0.25, 0.3) is 0 Å². The lowest BCUT2D eigenvalue weighted by Crippen LogP contribution is -2.46. The van der Waals surface area contributed by atoms with Crippen molar-refractivity contribution in [2.45, 2.75) is 12.6 Å². The smallest absolute Gasteiger partial charge is 0.191 e. The molecule has 1 atom stereocenters. The van der Waals surface area contributed by atoms with Crippen molar-refractivity contribution >= 4 is 29.9 Å². The standard InChI is InChI=1S/C21H32N6O3.HI/c1-22-21(24-7-9-26-8-6-23-16-26)25-15-18(27-10-12-30-13-11-27)17-4-5-19(28-2)20(14-17)29-3;/h4-6,8,14,16,18H,7,9-13,15H2,1-3H3,(H2,22,24,25);1H. The molecule has 0 spiro atoms. The van der Waals surface area contributed by atoms with Crippen LogP contribution in [0.2, 0.25) is 0 Å². The molecule has 1 aromatic carbocycles. The number of hydrogen-bond donors (Lipinski definition) is 2. The fourth-order valence-corrected chi connectivity index (χ4v) is 3.54. The van der Waals surface area contributed by atoms with Gasteiger partial charge in [-0.3, -0.25) is 9.89 Å². The molecule has 3 rings (SSSR count). The quantitative estimate of drug-likeness (QED) is 0.283. The van der Waals surface area contributed by atoms with E-state index >= 15 is 0 Å². The first-order chi connectivity index (χ1) is 14.7. The van der Waals surface area contributed by atoms with E-state index in [1.165, 1.54) is 0 Å². The van der Waals surface area contributed by atoms with E-state index in [0.29, 0.717) is 6.54 Å². The first-order valence-corrected chi connectivity index (χ1v) is 10.2. The van der Waals surface area contributed by atoms with Gasteiger partial charge in [0.1, 0.15) is 0 Å². The second-order valence-corrected chi connectivity index (χ2v) is 6.96. The van der Waals surface area contributed by atoms with Crippen molar-refractivity contribution in [2.75, 3.05) is 60.7 Å². The number of nitrogens with zero attached hydrogens (tertiary/aromatic N) is 4. The zero-order valence-corrected chi connectivity index (χ0v) is 20.7. The van der Waals surface area contributed by atoms with Crippen molar-refractivity contribution < 1.29 is 14.2 Å². The Morgan fingerprint density at radius 1 is 1.19 bits per heavy atom. The molecule has 0 amide bonds. The molecular weight excluding hydrogens is 511 g/mol. The summed E-state index contributed by atoms with van der Waals surface area (Å²) < 4.78 is 18.5. The van der Waals surface area contributed by atoms with Crippen LogP contribution >= 0.6 is 24.0 Å². The van der Waals surface area contributed by atoms with Crippen LogP contribution in [0.4, 0.5) is 0 Å². The van der Waals surface area contributed by atoms with Crippen LogP contribution in [0, 0.1) is 0 Å². The molecular formula is C21H33IN6O3. The number of hydrogen-bond acceptors (Lipinski definition) is 6. The number of halogens is 1. The highest BCUT2D eigenvalue weighted by atomic mass is 127. The highest BCUT2D eigenvalue weighted by molar-refractivity contribution is 14.0. The molecule has 0 radical (unpaired) electrons. The molecule has 1 aliphatic heterocycles. The first kappa shape index (κ1) is 25.2. The molecule has 172 valence electrons. The molecule has 1 unspecified atom stereocenters. The summed E-state index contributed by atoms with van der Waals surface area (Å²) in [6, 6.07) is 6.26. The molecule has 2 aromatic rings. The summed E-state index contributed by atoms with van der Waals surface area (Å²) in [5, 5.41) is 6.83. The van der Waals surface area contributed by atoms with Gasteiger partial charge in [-0.15, -0.1) is 24.0 Å². The van der Waals surface area contributed by atoms with Crippen LogP contribution in [-0.2, 0) is 11.3 Å². The van der Waals surface area contributed by atoms with E-state index in [-0.39, 0.29) is 30.0 Å². The Morgan fingerprint density at radius 3 is 2.61 bits per heavy atom. The number of methoxy groups -OCH3 is 2. The average molecular weight is 544 g/mol. The van der Waals surface area contributed by atoms with Crippen molar-refractivity contribution in [3.63, 3.8) is 0 Å². The maximum absolute atomic E-state index is 5.55. The molecule has 1 aliphatic rings. The van der Waals surface area contributed by atoms with E-state index in [1.807, 2.05) is 23.2 Å². The Kier molecular flexibility index (Phi) is 10.9. The van der Waals surface area contributed by atoms with Gasteiger partial charge >= 0.3 is 0 Å². The van der Waals surface area contributed by atoms with Crippen molar-refractivity contribution in [1.29, 1.82) is 0 Å². The highest BCUT2D eigenvalue weighted by Crippen LogP contribution is 2.32. The van der Waals surface area contributed by atoms with Crippen molar-refractivity contribution in [1.82, 2.24) is 25.1 Å². The second-order valence-electron chi connectivity index (χ2n) is 6.96. The Balaban J connectivity index is 0.00000341. The minimum absolute atomic E-state index is 0. The van der Waals surface area contributed by atoms with Crippen LogP contribution in [0.5, 0.6) is 11.5 Å². The second kappa shape index (κ2) is 13.4. The molecule has 0 saturated carbocycles. The predicted molar refractivity (Wildman–Crippen MR) is 132 cm³/mol. The minimum atomic E-state index is 0. The molecule has 2 N–H and O–H groups in total. The van der Waals surface area contributed by atoms with Crippen LogP contribution < -0.4 is 20.1 Å². The monoisotopic (exact) mass is 544 g/mol. The number of benzene rings is 1. The lowest BCUT2D eigenvalue weighted by molar-refractivity contribution is 0.0169. The van der Waals surface area contributed by atoms with Crippen molar-refractivity contribution in [2.24, 2.45) is 4.99 Å². The molecule has 1 fully saturated rings. The van der Waals surface area contributed by atoms with E-state index < -0.39 is 0 Å². The van der Waals surface area contributed by atoms with Gasteiger partial charge in [-0.25, -0.2) is 4.98 Å². The maximum Gasteiger partial charge on any atom is 0.191 e. The van der Waals surface area contributed by atoms with Gasteiger partial charge in [0.2, 0.25) is 0 Å². The fourth-order valence-electron chi connectivity index (χ4n) is 3.54. The number of guanidine groups is 1. The first-order valence-electron chi connectivity index (χ1n) is 10.2. The molecule has 31 heavy (non-hydrogen) atoms. The van der Waals surface area contributed by atoms with Gasteiger partial charge in [0, 0.05) is 52.2 Å². The van der Waals surface area contributed by atoms with Crippen LogP contribution in [0.1, 0.15) is 11.6 Å². The average Bonchev–Trinajstić information content (AvgIpc) is 3.32. The summed E-state index contributed by atoms with van der Waals surface area (Å²) in [6.45, 7) is 5.53. The summed E-state index contributed by atoms with van der Waals surface area (Å²) >= 11 is 0. The number of morpholine rings is 1. The molecule has 2 heterocycles. The van der Waals surface area contributed by atoms with Gasteiger partial charge in [-0.05, 0) is 17.7 Å². The number of rotatable bonds is 9. The summed E-state index contributed by atoms with van der Waals surface area (Å²) in [4.78, 5) is 10.9. The van der Waals surface area contributed by atoms with Crippen LogP contribution in [0.15, 0.2) is 41.9 Å². The van der Waals surface area contributed by atoms with E-state index in [4.69, 9.17) is 14.2 Å². The molecule has 1 aromatic heterocycles. The van der Waals surface area contributed by atoms with Gasteiger partial charge in [-0.2, -0.15) is 0 Å². The van der Waals surface area contributed by atoms with E-state index in [9.17, 15) is 0 Å². The van der Waals surface area contributed by atoms with Crippen LogP contribution in [0.3, 0.4) is 0 Å². The number of aliphatic imine (C=N–C) groups is 1. The number of ether oxygens (including phenoxy) is 3. The van der Waals surface area contributed by atoms with Crippen molar-refractivity contribution in [3.05, 3.63) is 42.5 Å². The molecule has 9 nitrogen and oxygen atoms in total. The SMILES string of the molecule is CN=C(NCCn1ccnc1)NCC(c1ccc(OC)c(OC)c1)N1CCOCC1.I. The maximum atomic E-state index is 5.55. The van der Waals surface area contributed by atoms with E-state index in [0.717, 1.165) is 62.4 Å². The Labute approximate surface area is 201 Å². The zero-order chi connectivity index (χ0) is 21.2. The summed E-state index contributed by atoms with van der Waals surface area (Å²) in [5.41, 5.74) is 1.16. The van der Waals surface area contributed by atoms with Gasteiger partial charge in [0.25, 0.3) is 0 Å². The van der Waals surface area contributed by atoms with E-state index in [1.54, 1.807) is 27.5 Å². The normalized spacial score (nSPS) is 15.6. The molecule has 0 aliphatic carbocycles. The minimum Gasteiger partial charge on any atom is -0.493 e. The third-order valence-corrected chi connectivity index (χ3v) is 5.19. The van der Waals surface area contributed by atoms with Gasteiger partial charge in [0.05, 0.1) is 39.8 Å². The third kappa shape index (κ3) is 7.25. The van der Waals surface area contributed by atoms with Gasteiger partial charge in [0.15, 0.2) is 17.5 Å². The van der Waals surface area contributed by atoms with Gasteiger partial charge < -0.3 is 29.4 Å². The van der Waals surface area contributed by atoms with Gasteiger partial charge in [-0.1, -0.05) is 6.07 Å². The largest absolute Gasteiger partial charge is 0.493 e.